The van der Waals surface area contributed by atoms with Gasteiger partial charge in [-0.05, 0) is 53.9 Å². The Labute approximate surface area is 154 Å². The number of aromatic nitrogens is 1. The molecule has 0 spiro atoms. The van der Waals surface area contributed by atoms with Crippen molar-refractivity contribution in [3.05, 3.63) is 23.5 Å². The average Bonchev–Trinajstić information content (AvgIpc) is 2.83. The topological polar surface area (TPSA) is 89.3 Å². The van der Waals surface area contributed by atoms with Crippen LogP contribution in [0.25, 0.3) is 0 Å². The van der Waals surface area contributed by atoms with E-state index < -0.39 is 0 Å². The molecule has 2 atom stereocenters. The summed E-state index contributed by atoms with van der Waals surface area (Å²) >= 11 is 4.80. The van der Waals surface area contributed by atoms with E-state index in [1.54, 1.807) is 24.0 Å². The van der Waals surface area contributed by atoms with Gasteiger partial charge in [-0.3, -0.25) is 15.2 Å². The largest absolute Gasteiger partial charge is 0.393 e. The lowest BCUT2D eigenvalue weighted by Gasteiger charge is -2.37. The molecule has 2 aliphatic rings. The van der Waals surface area contributed by atoms with Gasteiger partial charge >= 0.3 is 0 Å². The fourth-order valence-electron chi connectivity index (χ4n) is 3.66. The second-order valence-electron chi connectivity index (χ2n) is 6.26. The van der Waals surface area contributed by atoms with E-state index in [0.29, 0.717) is 30.0 Å². The number of nitrogens with zero attached hydrogens (tertiary/aromatic N) is 2. The summed E-state index contributed by atoms with van der Waals surface area (Å²) in [5, 5.41) is 20.9. The van der Waals surface area contributed by atoms with Gasteiger partial charge in [-0.15, -0.1) is 11.8 Å². The lowest BCUT2D eigenvalue weighted by atomic mass is 9.99. The maximum absolute atomic E-state index is 13.0. The summed E-state index contributed by atoms with van der Waals surface area (Å²) in [6.45, 7) is 0. The number of hydrogen-bond donors (Lipinski definition) is 3. The number of fused-ring (bicyclic) bond motifs is 2. The molecule has 0 radical (unpaired) electrons. The van der Waals surface area contributed by atoms with E-state index in [1.807, 2.05) is 11.2 Å². The molecule has 24 heavy (non-hydrogen) atoms. The van der Waals surface area contributed by atoms with Crippen molar-refractivity contribution in [1.29, 1.82) is 5.41 Å². The van der Waals surface area contributed by atoms with Crippen LogP contribution in [0.2, 0.25) is 0 Å². The third-order valence-corrected chi connectivity index (χ3v) is 5.57. The molecule has 3 N–H and O–H groups in total. The van der Waals surface area contributed by atoms with Gasteiger partial charge in [-0.2, -0.15) is 0 Å². The van der Waals surface area contributed by atoms with E-state index in [1.165, 1.54) is 0 Å². The zero-order chi connectivity index (χ0) is 17.3. The first kappa shape index (κ1) is 17.7. The first-order valence-corrected chi connectivity index (χ1v) is 10.2. The van der Waals surface area contributed by atoms with Crippen LogP contribution in [0.5, 0.6) is 0 Å². The molecule has 1 aromatic rings. The van der Waals surface area contributed by atoms with Crippen LogP contribution >= 0.6 is 27.7 Å². The Bertz CT molecular complexity index is 643. The minimum Gasteiger partial charge on any atom is -0.393 e. The molecule has 0 saturated carbocycles. The number of anilines is 1. The second kappa shape index (κ2) is 7.41. The molecule has 0 aromatic carbocycles. The zero-order valence-corrected chi connectivity index (χ0v) is 15.9. The molecule has 2 fully saturated rings. The van der Waals surface area contributed by atoms with Crippen molar-refractivity contribution in [3.63, 3.8) is 0 Å². The maximum Gasteiger partial charge on any atom is 0.273 e. The SMILES string of the molecule is CSCNc1cc(C(=O)N2C3CCC2CC(O)C3)ncc1C(=N)Br. The number of amides is 1. The number of piperidine rings is 1. The lowest BCUT2D eigenvalue weighted by Crippen LogP contribution is -2.48. The van der Waals surface area contributed by atoms with Gasteiger partial charge in [0, 0.05) is 29.5 Å². The highest BCUT2D eigenvalue weighted by Crippen LogP contribution is 2.36. The molecule has 2 unspecified atom stereocenters. The Balaban J connectivity index is 1.86. The number of pyridine rings is 1. The van der Waals surface area contributed by atoms with Crippen LogP contribution in [0.3, 0.4) is 0 Å². The standard InChI is InChI=1S/C16H21BrN4O2S/c1-24-8-20-13-6-14(19-7-12(13)15(17)18)16(23)21-9-2-3-10(21)5-11(22)4-9/h6-7,9-11,18,22H,2-5,8H2,1H3,(H,19,20). The fraction of sp³-hybridized carbons (Fsp3) is 0.562. The van der Waals surface area contributed by atoms with Gasteiger partial charge in [0.25, 0.3) is 5.91 Å². The van der Waals surface area contributed by atoms with Gasteiger partial charge in [0.2, 0.25) is 0 Å². The van der Waals surface area contributed by atoms with Gasteiger partial charge in [0.1, 0.15) is 10.3 Å². The zero-order valence-electron chi connectivity index (χ0n) is 13.5. The predicted octanol–water partition coefficient (Wildman–Crippen LogP) is 2.66. The molecule has 1 aromatic heterocycles. The minimum atomic E-state index is -0.297. The number of hydrogen-bond acceptors (Lipinski definition) is 6. The third-order valence-electron chi connectivity index (χ3n) is 4.71. The van der Waals surface area contributed by atoms with E-state index in [2.05, 4.69) is 26.2 Å². The van der Waals surface area contributed by atoms with Crippen LogP contribution in [0, 0.1) is 5.41 Å². The summed E-state index contributed by atoms with van der Waals surface area (Å²) < 4.78 is 0.235. The molecular formula is C16H21BrN4O2S. The van der Waals surface area contributed by atoms with E-state index >= 15 is 0 Å². The number of halogens is 1. The lowest BCUT2D eigenvalue weighted by molar-refractivity contribution is 0.0282. The Hall–Kier alpha value is -1.12. The van der Waals surface area contributed by atoms with Gasteiger partial charge in [-0.1, -0.05) is 0 Å². The first-order chi connectivity index (χ1) is 11.5. The highest BCUT2D eigenvalue weighted by atomic mass is 79.9. The van der Waals surface area contributed by atoms with Crippen molar-refractivity contribution < 1.29 is 9.90 Å². The third kappa shape index (κ3) is 3.45. The molecule has 2 bridgehead atoms. The van der Waals surface area contributed by atoms with Gasteiger partial charge < -0.3 is 15.3 Å². The normalized spacial score (nSPS) is 25.6. The van der Waals surface area contributed by atoms with E-state index in [4.69, 9.17) is 5.41 Å². The number of aliphatic hydroxyl groups is 1. The molecule has 3 rings (SSSR count). The van der Waals surface area contributed by atoms with Crippen molar-refractivity contribution in [2.75, 3.05) is 17.4 Å². The van der Waals surface area contributed by atoms with Crippen molar-refractivity contribution in [3.8, 4) is 0 Å². The fourth-order valence-corrected chi connectivity index (χ4v) is 4.27. The quantitative estimate of drug-likeness (QED) is 0.510. The molecule has 8 heteroatoms. The number of carbonyl (C=O) groups excluding carboxylic acids is 1. The van der Waals surface area contributed by atoms with Gasteiger partial charge in [0.15, 0.2) is 0 Å². The van der Waals surface area contributed by atoms with Crippen molar-refractivity contribution >= 4 is 43.9 Å². The highest BCUT2D eigenvalue weighted by Gasteiger charge is 2.43. The number of carbonyl (C=O) groups is 1. The smallest absolute Gasteiger partial charge is 0.273 e. The van der Waals surface area contributed by atoms with Crippen molar-refractivity contribution in [2.45, 2.75) is 43.9 Å². The summed E-state index contributed by atoms with van der Waals surface area (Å²) in [7, 11) is 0. The number of aliphatic hydroxyl groups excluding tert-OH is 1. The summed E-state index contributed by atoms with van der Waals surface area (Å²) in [6, 6.07) is 1.96. The predicted molar refractivity (Wildman–Crippen MR) is 100 cm³/mol. The minimum absolute atomic E-state index is 0.0748. The molecule has 130 valence electrons. The highest BCUT2D eigenvalue weighted by molar-refractivity contribution is 9.18. The summed E-state index contributed by atoms with van der Waals surface area (Å²) in [4.78, 5) is 19.2. The van der Waals surface area contributed by atoms with Crippen LogP contribution in [0.15, 0.2) is 12.3 Å². The Morgan fingerprint density at radius 2 is 2.17 bits per heavy atom. The summed E-state index contributed by atoms with van der Waals surface area (Å²) in [6.07, 6.45) is 6.47. The molecule has 3 heterocycles. The Morgan fingerprint density at radius 1 is 1.50 bits per heavy atom. The molecular weight excluding hydrogens is 392 g/mol. The van der Waals surface area contributed by atoms with Crippen molar-refractivity contribution in [1.82, 2.24) is 9.88 Å². The van der Waals surface area contributed by atoms with E-state index in [-0.39, 0.29) is 28.7 Å². The first-order valence-electron chi connectivity index (χ1n) is 7.99. The summed E-state index contributed by atoms with van der Waals surface area (Å²) in [5.74, 6) is 0.612. The molecule has 2 aliphatic heterocycles. The number of thioether (sulfide) groups is 1. The van der Waals surface area contributed by atoms with Crippen LogP contribution in [-0.4, -0.2) is 55.8 Å². The Kier molecular flexibility index (Phi) is 5.46. The van der Waals surface area contributed by atoms with E-state index in [9.17, 15) is 9.90 Å². The number of rotatable bonds is 5. The molecule has 6 nitrogen and oxygen atoms in total. The molecule has 0 aliphatic carbocycles. The van der Waals surface area contributed by atoms with Crippen LogP contribution in [0.1, 0.15) is 41.7 Å². The molecule has 1 amide bonds. The van der Waals surface area contributed by atoms with Crippen LogP contribution in [-0.2, 0) is 0 Å². The van der Waals surface area contributed by atoms with Crippen LogP contribution in [0.4, 0.5) is 5.69 Å². The van der Waals surface area contributed by atoms with Crippen molar-refractivity contribution in [2.24, 2.45) is 0 Å². The van der Waals surface area contributed by atoms with E-state index in [0.717, 1.165) is 18.5 Å². The summed E-state index contributed by atoms with van der Waals surface area (Å²) in [5.41, 5.74) is 1.76. The second-order valence-corrected chi connectivity index (χ2v) is 7.92. The van der Waals surface area contributed by atoms with Crippen LogP contribution < -0.4 is 5.32 Å². The monoisotopic (exact) mass is 412 g/mol. The number of nitrogens with one attached hydrogen (secondary N) is 2. The van der Waals surface area contributed by atoms with Gasteiger partial charge in [0.05, 0.1) is 12.0 Å². The maximum atomic E-state index is 13.0. The van der Waals surface area contributed by atoms with Gasteiger partial charge in [-0.25, -0.2) is 0 Å². The average molecular weight is 413 g/mol. The Morgan fingerprint density at radius 3 is 2.75 bits per heavy atom. The molecule has 2 saturated heterocycles.